The molecule has 1 aromatic heterocycles. The first-order valence-corrected chi connectivity index (χ1v) is 5.06. The van der Waals surface area contributed by atoms with Crippen molar-refractivity contribution >= 4 is 15.9 Å². The van der Waals surface area contributed by atoms with Gasteiger partial charge in [0.25, 0.3) is 0 Å². The molecule has 1 aliphatic rings. The third-order valence-electron chi connectivity index (χ3n) is 2.21. The largest absolute Gasteiger partial charge is 0.315 e. The van der Waals surface area contributed by atoms with Crippen LogP contribution in [0.2, 0.25) is 0 Å². The van der Waals surface area contributed by atoms with Crippen LogP contribution in [0.3, 0.4) is 0 Å². The van der Waals surface area contributed by atoms with Crippen molar-refractivity contribution in [1.29, 1.82) is 0 Å². The molecule has 0 bridgehead atoms. The molecule has 1 fully saturated rings. The van der Waals surface area contributed by atoms with Crippen molar-refractivity contribution in [3.05, 3.63) is 16.9 Å². The topological polar surface area (TPSA) is 29.9 Å². The van der Waals surface area contributed by atoms with Crippen molar-refractivity contribution in [3.63, 3.8) is 0 Å². The Labute approximate surface area is 80.3 Å². The Morgan fingerprint density at radius 2 is 2.58 bits per heavy atom. The average molecular weight is 230 g/mol. The third-order valence-corrected chi connectivity index (χ3v) is 2.62. The van der Waals surface area contributed by atoms with Gasteiger partial charge in [0.05, 0.1) is 16.7 Å². The number of aromatic nitrogens is 2. The molecular weight excluding hydrogens is 218 g/mol. The maximum absolute atomic E-state index is 4.27. The van der Waals surface area contributed by atoms with Gasteiger partial charge in [0, 0.05) is 12.7 Å². The number of halogens is 1. The molecule has 1 aromatic rings. The van der Waals surface area contributed by atoms with E-state index in [4.69, 9.17) is 0 Å². The van der Waals surface area contributed by atoms with Crippen molar-refractivity contribution in [2.75, 3.05) is 13.1 Å². The van der Waals surface area contributed by atoms with E-state index in [0.717, 1.165) is 17.6 Å². The average Bonchev–Trinajstić information content (AvgIpc) is 2.54. The maximum Gasteiger partial charge on any atom is 0.0644 e. The lowest BCUT2D eigenvalue weighted by Crippen LogP contribution is -2.31. The lowest BCUT2D eigenvalue weighted by Gasteiger charge is -2.22. The monoisotopic (exact) mass is 229 g/mol. The van der Waals surface area contributed by atoms with Crippen LogP contribution >= 0.6 is 15.9 Å². The van der Waals surface area contributed by atoms with Gasteiger partial charge < -0.3 is 5.32 Å². The summed E-state index contributed by atoms with van der Waals surface area (Å²) in [6, 6.07) is 0.546. The van der Waals surface area contributed by atoms with Crippen LogP contribution in [-0.4, -0.2) is 22.9 Å². The zero-order valence-electron chi connectivity index (χ0n) is 6.83. The highest BCUT2D eigenvalue weighted by molar-refractivity contribution is 9.10. The van der Waals surface area contributed by atoms with Gasteiger partial charge in [-0.15, -0.1) is 0 Å². The molecule has 1 saturated heterocycles. The van der Waals surface area contributed by atoms with E-state index in [1.165, 1.54) is 12.8 Å². The maximum atomic E-state index is 4.27. The van der Waals surface area contributed by atoms with Gasteiger partial charge in [-0.25, -0.2) is 0 Å². The van der Waals surface area contributed by atoms with Crippen LogP contribution in [0.5, 0.6) is 0 Å². The van der Waals surface area contributed by atoms with Gasteiger partial charge >= 0.3 is 0 Å². The molecule has 4 heteroatoms. The fourth-order valence-corrected chi connectivity index (χ4v) is 1.88. The molecule has 0 radical (unpaired) electrons. The second-order valence-electron chi connectivity index (χ2n) is 3.14. The van der Waals surface area contributed by atoms with E-state index >= 15 is 0 Å². The van der Waals surface area contributed by atoms with E-state index in [1.54, 1.807) is 0 Å². The Bertz CT molecular complexity index is 253. The fourth-order valence-electron chi connectivity index (χ4n) is 1.57. The first-order valence-electron chi connectivity index (χ1n) is 4.26. The fraction of sp³-hybridized carbons (Fsp3) is 0.625. The van der Waals surface area contributed by atoms with E-state index in [-0.39, 0.29) is 0 Å². The number of piperidine rings is 1. The van der Waals surface area contributed by atoms with Crippen molar-refractivity contribution in [3.8, 4) is 0 Å². The summed E-state index contributed by atoms with van der Waals surface area (Å²) in [5, 5.41) is 7.64. The summed E-state index contributed by atoms with van der Waals surface area (Å²) in [5.74, 6) is 0. The molecule has 3 nitrogen and oxygen atoms in total. The molecule has 12 heavy (non-hydrogen) atoms. The molecule has 1 atom stereocenters. The highest BCUT2D eigenvalue weighted by atomic mass is 79.9. The molecule has 2 heterocycles. The predicted octanol–water partition coefficient (Wildman–Crippen LogP) is 1.57. The Kier molecular flexibility index (Phi) is 2.46. The van der Waals surface area contributed by atoms with Gasteiger partial charge in [0.1, 0.15) is 0 Å². The molecular formula is C8H12BrN3. The smallest absolute Gasteiger partial charge is 0.0644 e. The summed E-state index contributed by atoms with van der Waals surface area (Å²) in [5.41, 5.74) is 0. The van der Waals surface area contributed by atoms with Gasteiger partial charge in [-0.05, 0) is 35.3 Å². The lowest BCUT2D eigenvalue weighted by atomic mass is 10.1. The van der Waals surface area contributed by atoms with Crippen molar-refractivity contribution in [2.24, 2.45) is 0 Å². The van der Waals surface area contributed by atoms with Crippen molar-refractivity contribution < 1.29 is 0 Å². The first kappa shape index (κ1) is 8.26. The van der Waals surface area contributed by atoms with Gasteiger partial charge in [-0.1, -0.05) is 0 Å². The Balaban J connectivity index is 2.08. The molecule has 66 valence electrons. The molecule has 0 spiro atoms. The SMILES string of the molecule is Brc1cnn(C2CCCNC2)c1. The quantitative estimate of drug-likeness (QED) is 0.793. The molecule has 1 N–H and O–H groups in total. The van der Waals surface area contributed by atoms with Crippen LogP contribution in [-0.2, 0) is 0 Å². The van der Waals surface area contributed by atoms with Crippen LogP contribution in [0.4, 0.5) is 0 Å². The van der Waals surface area contributed by atoms with Crippen LogP contribution in [0.15, 0.2) is 16.9 Å². The summed E-state index contributed by atoms with van der Waals surface area (Å²) in [6.07, 6.45) is 6.37. The first-order chi connectivity index (χ1) is 5.86. The van der Waals surface area contributed by atoms with E-state index < -0.39 is 0 Å². The summed E-state index contributed by atoms with van der Waals surface area (Å²) in [6.45, 7) is 2.20. The number of hydrogen-bond donors (Lipinski definition) is 1. The van der Waals surface area contributed by atoms with Crippen LogP contribution in [0, 0.1) is 0 Å². The van der Waals surface area contributed by atoms with Crippen molar-refractivity contribution in [1.82, 2.24) is 15.1 Å². The molecule has 1 aliphatic heterocycles. The van der Waals surface area contributed by atoms with Crippen molar-refractivity contribution in [2.45, 2.75) is 18.9 Å². The number of nitrogens with one attached hydrogen (secondary N) is 1. The minimum absolute atomic E-state index is 0.546. The van der Waals surface area contributed by atoms with Crippen LogP contribution in [0.1, 0.15) is 18.9 Å². The minimum atomic E-state index is 0.546. The minimum Gasteiger partial charge on any atom is -0.315 e. The summed E-state index contributed by atoms with van der Waals surface area (Å²) < 4.78 is 3.10. The zero-order chi connectivity index (χ0) is 8.39. The van der Waals surface area contributed by atoms with E-state index in [0.29, 0.717) is 6.04 Å². The second-order valence-corrected chi connectivity index (χ2v) is 4.05. The summed E-state index contributed by atoms with van der Waals surface area (Å²) in [4.78, 5) is 0. The molecule has 0 saturated carbocycles. The normalized spacial score (nSPS) is 24.2. The Morgan fingerprint density at radius 1 is 1.67 bits per heavy atom. The van der Waals surface area contributed by atoms with Crippen LogP contribution < -0.4 is 5.32 Å². The number of rotatable bonds is 1. The number of nitrogens with zero attached hydrogens (tertiary/aromatic N) is 2. The summed E-state index contributed by atoms with van der Waals surface area (Å²) >= 11 is 3.40. The number of hydrogen-bond acceptors (Lipinski definition) is 2. The van der Waals surface area contributed by atoms with Gasteiger partial charge in [-0.3, -0.25) is 4.68 Å². The van der Waals surface area contributed by atoms with Gasteiger partial charge in [0.2, 0.25) is 0 Å². The Hall–Kier alpha value is -0.350. The van der Waals surface area contributed by atoms with E-state index in [1.807, 2.05) is 17.1 Å². The third kappa shape index (κ3) is 1.69. The molecule has 2 rings (SSSR count). The second kappa shape index (κ2) is 3.58. The van der Waals surface area contributed by atoms with Gasteiger partial charge in [0.15, 0.2) is 0 Å². The standard InChI is InChI=1S/C8H12BrN3/c9-7-4-11-12(6-7)8-2-1-3-10-5-8/h4,6,8,10H,1-3,5H2. The lowest BCUT2D eigenvalue weighted by molar-refractivity contribution is 0.346. The highest BCUT2D eigenvalue weighted by Gasteiger charge is 2.14. The highest BCUT2D eigenvalue weighted by Crippen LogP contribution is 2.17. The van der Waals surface area contributed by atoms with E-state index in [9.17, 15) is 0 Å². The zero-order valence-corrected chi connectivity index (χ0v) is 8.42. The molecule has 0 aliphatic carbocycles. The van der Waals surface area contributed by atoms with Crippen LogP contribution in [0.25, 0.3) is 0 Å². The Morgan fingerprint density at radius 3 is 3.17 bits per heavy atom. The van der Waals surface area contributed by atoms with Gasteiger partial charge in [-0.2, -0.15) is 5.10 Å². The molecule has 0 aromatic carbocycles. The van der Waals surface area contributed by atoms with E-state index in [2.05, 4.69) is 26.3 Å². The molecule has 1 unspecified atom stereocenters. The predicted molar refractivity (Wildman–Crippen MR) is 51.1 cm³/mol. The summed E-state index contributed by atoms with van der Waals surface area (Å²) in [7, 11) is 0. The molecule has 0 amide bonds.